The number of hydrogen-bond donors (Lipinski definition) is 0. The van der Waals surface area contributed by atoms with Gasteiger partial charge in [-0.05, 0) is 55.8 Å². The van der Waals surface area contributed by atoms with E-state index in [0.717, 1.165) is 23.7 Å². The summed E-state index contributed by atoms with van der Waals surface area (Å²) in [7, 11) is 0. The first kappa shape index (κ1) is 6.17. The number of nitrogens with zero attached hydrogens (tertiary/aromatic N) is 1. The lowest BCUT2D eigenvalue weighted by atomic mass is 9.51. The Morgan fingerprint density at radius 2 is 1.42 bits per heavy atom. The fourth-order valence-corrected chi connectivity index (χ4v) is 4.44. The topological polar surface area (TPSA) is 12.4 Å². The van der Waals surface area contributed by atoms with Crippen molar-refractivity contribution >= 4 is 6.21 Å². The van der Waals surface area contributed by atoms with Crippen LogP contribution >= 0.6 is 0 Å². The number of aliphatic imine (C=N–C) groups is 1. The maximum atomic E-state index is 4.61. The Bertz CT molecular complexity index is 230. The summed E-state index contributed by atoms with van der Waals surface area (Å²) < 4.78 is 0. The lowest BCUT2D eigenvalue weighted by Crippen LogP contribution is -2.51. The van der Waals surface area contributed by atoms with E-state index >= 15 is 0 Å². The minimum atomic E-state index is 0.452. The minimum absolute atomic E-state index is 0.452. The normalized spacial score (nSPS) is 64.7. The van der Waals surface area contributed by atoms with Crippen LogP contribution in [-0.4, -0.2) is 11.8 Å². The van der Waals surface area contributed by atoms with Crippen molar-refractivity contribution in [2.75, 3.05) is 0 Å². The van der Waals surface area contributed by atoms with Crippen molar-refractivity contribution < 1.29 is 0 Å². The first-order valence-electron chi connectivity index (χ1n) is 5.43. The second-order valence-corrected chi connectivity index (χ2v) is 5.45. The summed E-state index contributed by atoms with van der Waals surface area (Å²) >= 11 is 0. The van der Waals surface area contributed by atoms with Gasteiger partial charge in [-0.3, -0.25) is 4.99 Å². The third kappa shape index (κ3) is 0.541. The zero-order valence-corrected chi connectivity index (χ0v) is 7.37. The molecule has 0 unspecified atom stereocenters. The molecular formula is C11H15N. The highest BCUT2D eigenvalue weighted by Gasteiger charge is 2.60. The molecule has 4 aliphatic carbocycles. The average Bonchev–Trinajstić information content (AvgIpc) is 2.79. The molecule has 0 atom stereocenters. The van der Waals surface area contributed by atoms with Crippen LogP contribution in [0.25, 0.3) is 0 Å². The molecule has 12 heavy (non-hydrogen) atoms. The summed E-state index contributed by atoms with van der Waals surface area (Å²) in [5.41, 5.74) is 0.452. The third-order valence-electron chi connectivity index (χ3n) is 4.87. The Labute approximate surface area is 73.3 Å². The molecule has 4 bridgehead atoms. The van der Waals surface area contributed by atoms with E-state index in [1.807, 2.05) is 0 Å². The Morgan fingerprint density at radius 1 is 0.917 bits per heavy atom. The molecule has 0 N–H and O–H groups in total. The monoisotopic (exact) mass is 161 g/mol. The molecule has 0 aromatic rings. The number of hydrogen-bond acceptors (Lipinski definition) is 1. The molecule has 0 aromatic carbocycles. The van der Waals surface area contributed by atoms with Crippen LogP contribution in [0.15, 0.2) is 4.99 Å². The zero-order valence-electron chi connectivity index (χ0n) is 7.37. The molecule has 1 heteroatoms. The predicted octanol–water partition coefficient (Wildman–Crippen LogP) is 2.27. The summed E-state index contributed by atoms with van der Waals surface area (Å²) in [6, 6.07) is 0. The fourth-order valence-electron chi connectivity index (χ4n) is 4.44. The van der Waals surface area contributed by atoms with E-state index in [1.54, 1.807) is 6.42 Å². The van der Waals surface area contributed by atoms with E-state index in [9.17, 15) is 0 Å². The van der Waals surface area contributed by atoms with Crippen LogP contribution in [0.4, 0.5) is 0 Å². The molecule has 1 aliphatic heterocycles. The van der Waals surface area contributed by atoms with Gasteiger partial charge in [-0.25, -0.2) is 0 Å². The van der Waals surface area contributed by atoms with Crippen LogP contribution in [0.1, 0.15) is 32.1 Å². The van der Waals surface area contributed by atoms with Gasteiger partial charge in [-0.15, -0.1) is 0 Å². The second-order valence-electron chi connectivity index (χ2n) is 5.45. The molecule has 4 fully saturated rings. The molecule has 4 saturated carbocycles. The quantitative estimate of drug-likeness (QED) is 0.517. The van der Waals surface area contributed by atoms with Crippen LogP contribution in [0.2, 0.25) is 0 Å². The van der Waals surface area contributed by atoms with Gasteiger partial charge in [0, 0.05) is 6.21 Å². The highest BCUT2D eigenvalue weighted by Crippen LogP contribution is 2.62. The van der Waals surface area contributed by atoms with Crippen molar-refractivity contribution in [3.8, 4) is 0 Å². The van der Waals surface area contributed by atoms with E-state index in [0.29, 0.717) is 5.54 Å². The Morgan fingerprint density at radius 3 is 1.83 bits per heavy atom. The molecule has 5 rings (SSSR count). The average molecular weight is 161 g/mol. The van der Waals surface area contributed by atoms with E-state index in [4.69, 9.17) is 0 Å². The maximum Gasteiger partial charge on any atom is 0.101 e. The molecule has 0 saturated heterocycles. The Kier molecular flexibility index (Phi) is 0.843. The minimum Gasteiger partial charge on any atom is -0.282 e. The highest BCUT2D eigenvalue weighted by atomic mass is 15.0. The summed E-state index contributed by atoms with van der Waals surface area (Å²) in [4.78, 5) is 4.61. The fraction of sp³-hybridized carbons (Fsp3) is 0.909. The van der Waals surface area contributed by atoms with Gasteiger partial charge in [-0.2, -0.15) is 0 Å². The van der Waals surface area contributed by atoms with Gasteiger partial charge in [0.2, 0.25) is 0 Å². The van der Waals surface area contributed by atoms with Gasteiger partial charge < -0.3 is 0 Å². The smallest absolute Gasteiger partial charge is 0.101 e. The molecule has 1 heterocycles. The van der Waals surface area contributed by atoms with Gasteiger partial charge >= 0.3 is 0 Å². The van der Waals surface area contributed by atoms with Gasteiger partial charge in [0.25, 0.3) is 0 Å². The van der Waals surface area contributed by atoms with Crippen LogP contribution in [0.5, 0.6) is 0 Å². The Balaban J connectivity index is 1.78. The lowest BCUT2D eigenvalue weighted by molar-refractivity contribution is -0.00726. The van der Waals surface area contributed by atoms with Gasteiger partial charge in [-0.1, -0.05) is 0 Å². The second kappa shape index (κ2) is 1.64. The molecule has 0 aromatic heterocycles. The van der Waals surface area contributed by atoms with Gasteiger partial charge in [0.1, 0.15) is 5.54 Å². The van der Waals surface area contributed by atoms with Crippen molar-refractivity contribution in [1.82, 2.24) is 0 Å². The van der Waals surface area contributed by atoms with Gasteiger partial charge in [0.15, 0.2) is 0 Å². The van der Waals surface area contributed by atoms with Crippen molar-refractivity contribution in [2.24, 2.45) is 28.7 Å². The summed E-state index contributed by atoms with van der Waals surface area (Å²) in [6.07, 6.45) is 9.86. The first-order chi connectivity index (χ1) is 5.87. The van der Waals surface area contributed by atoms with E-state index < -0.39 is 0 Å². The predicted molar refractivity (Wildman–Crippen MR) is 48.3 cm³/mol. The highest BCUT2D eigenvalue weighted by molar-refractivity contribution is 5.86. The standard InChI is InChI=1S/C11H15N/c1-7-2-9-4-8(1)5-10(3-7)11(9)6-12-11/h6-10H,1-5H2. The lowest BCUT2D eigenvalue weighted by Gasteiger charge is -2.54. The SMILES string of the molecule is C1=NC12C1CC3CC(C1)CC2C3. The van der Waals surface area contributed by atoms with E-state index in [2.05, 4.69) is 11.2 Å². The summed E-state index contributed by atoms with van der Waals surface area (Å²) in [5.74, 6) is 4.16. The molecule has 0 radical (unpaired) electrons. The van der Waals surface area contributed by atoms with Crippen molar-refractivity contribution in [3.63, 3.8) is 0 Å². The van der Waals surface area contributed by atoms with Crippen LogP contribution < -0.4 is 0 Å². The molecule has 0 amide bonds. The van der Waals surface area contributed by atoms with E-state index in [-0.39, 0.29) is 0 Å². The Hall–Kier alpha value is -0.330. The first-order valence-corrected chi connectivity index (χ1v) is 5.43. The summed E-state index contributed by atoms with van der Waals surface area (Å²) in [5, 5.41) is 0. The largest absolute Gasteiger partial charge is 0.282 e. The zero-order chi connectivity index (χ0) is 7.76. The third-order valence-corrected chi connectivity index (χ3v) is 4.87. The van der Waals surface area contributed by atoms with Crippen molar-refractivity contribution in [2.45, 2.75) is 37.6 Å². The maximum absolute atomic E-state index is 4.61. The van der Waals surface area contributed by atoms with Crippen LogP contribution in [-0.2, 0) is 0 Å². The van der Waals surface area contributed by atoms with Crippen LogP contribution in [0, 0.1) is 23.7 Å². The molecule has 5 aliphatic rings. The summed E-state index contributed by atoms with van der Waals surface area (Å²) in [6.45, 7) is 0. The van der Waals surface area contributed by atoms with Crippen LogP contribution in [0.3, 0.4) is 0 Å². The van der Waals surface area contributed by atoms with Gasteiger partial charge in [0.05, 0.1) is 0 Å². The molecule has 64 valence electrons. The molecular weight excluding hydrogens is 146 g/mol. The van der Waals surface area contributed by atoms with Crippen molar-refractivity contribution in [1.29, 1.82) is 0 Å². The number of rotatable bonds is 0. The van der Waals surface area contributed by atoms with Crippen molar-refractivity contribution in [3.05, 3.63) is 0 Å². The van der Waals surface area contributed by atoms with E-state index in [1.165, 1.54) is 25.7 Å². The molecule has 1 spiro atoms. The molecule has 1 nitrogen and oxygen atoms in total.